The minimum Gasteiger partial charge on any atom is -0.508 e. The number of fused-ring (bicyclic) bond motifs is 2. The van der Waals surface area contributed by atoms with E-state index in [1.807, 2.05) is 18.3 Å². The molecule has 1 spiro atoms. The molecule has 1 aliphatic heterocycles. The maximum absolute atomic E-state index is 9.73. The van der Waals surface area contributed by atoms with Crippen molar-refractivity contribution in [1.82, 2.24) is 15.1 Å². The largest absolute Gasteiger partial charge is 0.508 e. The van der Waals surface area contributed by atoms with Gasteiger partial charge in [-0.25, -0.2) is 0 Å². The standard InChI is InChI=1S/C16H19N3O/c1-11-13(7-17-18-11)9-19-8-12-2-3-14(20)6-15(12)16(10-19)4-5-16/h2-3,6-7,20H,4-5,8-10H2,1H3,(H,17,18). The molecule has 0 amide bonds. The Labute approximate surface area is 118 Å². The summed E-state index contributed by atoms with van der Waals surface area (Å²) in [5.41, 5.74) is 5.48. The Bertz CT molecular complexity index is 657. The smallest absolute Gasteiger partial charge is 0.115 e. The van der Waals surface area contributed by atoms with Crippen LogP contribution in [0.5, 0.6) is 5.75 Å². The molecular weight excluding hydrogens is 250 g/mol. The number of aromatic nitrogens is 2. The average molecular weight is 269 g/mol. The van der Waals surface area contributed by atoms with Gasteiger partial charge in [0.2, 0.25) is 0 Å². The summed E-state index contributed by atoms with van der Waals surface area (Å²) >= 11 is 0. The first kappa shape index (κ1) is 12.0. The maximum atomic E-state index is 9.73. The van der Waals surface area contributed by atoms with Crippen LogP contribution in [0.15, 0.2) is 24.4 Å². The van der Waals surface area contributed by atoms with Crippen LogP contribution in [0.2, 0.25) is 0 Å². The Hall–Kier alpha value is -1.81. The molecule has 0 bridgehead atoms. The van der Waals surface area contributed by atoms with Gasteiger partial charge in [-0.2, -0.15) is 5.10 Å². The van der Waals surface area contributed by atoms with E-state index in [2.05, 4.69) is 28.1 Å². The van der Waals surface area contributed by atoms with Gasteiger partial charge in [0.05, 0.1) is 6.20 Å². The lowest BCUT2D eigenvalue weighted by Gasteiger charge is -2.35. The first-order chi connectivity index (χ1) is 9.66. The fraction of sp³-hybridized carbons (Fsp3) is 0.438. The molecule has 4 heteroatoms. The number of phenolic OH excluding ortho intramolecular Hbond substituents is 1. The second kappa shape index (κ2) is 4.09. The van der Waals surface area contributed by atoms with Crippen LogP contribution in [0.1, 0.15) is 35.2 Å². The van der Waals surface area contributed by atoms with E-state index < -0.39 is 0 Å². The zero-order valence-corrected chi connectivity index (χ0v) is 11.7. The Morgan fingerprint density at radius 3 is 2.95 bits per heavy atom. The number of rotatable bonds is 2. The average Bonchev–Trinajstić information content (AvgIpc) is 3.08. The molecule has 0 radical (unpaired) electrons. The van der Waals surface area contributed by atoms with Gasteiger partial charge in [0.15, 0.2) is 0 Å². The Kier molecular flexibility index (Phi) is 2.45. The highest BCUT2D eigenvalue weighted by Gasteiger charge is 2.49. The highest BCUT2D eigenvalue weighted by molar-refractivity contribution is 5.45. The van der Waals surface area contributed by atoms with E-state index in [1.54, 1.807) is 0 Å². The quantitative estimate of drug-likeness (QED) is 0.880. The predicted octanol–water partition coefficient (Wildman–Crippen LogP) is 2.47. The number of phenols is 1. The fourth-order valence-electron chi connectivity index (χ4n) is 3.47. The maximum Gasteiger partial charge on any atom is 0.115 e. The molecule has 0 unspecified atom stereocenters. The van der Waals surface area contributed by atoms with Crippen LogP contribution in [0, 0.1) is 6.92 Å². The van der Waals surface area contributed by atoms with Crippen LogP contribution in [0.4, 0.5) is 0 Å². The van der Waals surface area contributed by atoms with Crippen molar-refractivity contribution in [2.24, 2.45) is 0 Å². The molecule has 2 N–H and O–H groups in total. The van der Waals surface area contributed by atoms with E-state index >= 15 is 0 Å². The van der Waals surface area contributed by atoms with Crippen molar-refractivity contribution < 1.29 is 5.11 Å². The van der Waals surface area contributed by atoms with Crippen LogP contribution in [-0.4, -0.2) is 26.7 Å². The van der Waals surface area contributed by atoms with E-state index in [9.17, 15) is 5.11 Å². The summed E-state index contributed by atoms with van der Waals surface area (Å²) in [7, 11) is 0. The Morgan fingerprint density at radius 2 is 2.25 bits per heavy atom. The number of nitrogens with zero attached hydrogens (tertiary/aromatic N) is 2. The summed E-state index contributed by atoms with van der Waals surface area (Å²) in [6, 6.07) is 5.86. The first-order valence-electron chi connectivity index (χ1n) is 7.20. The summed E-state index contributed by atoms with van der Waals surface area (Å²) in [4.78, 5) is 2.50. The summed E-state index contributed by atoms with van der Waals surface area (Å²) in [6.07, 6.45) is 4.41. The van der Waals surface area contributed by atoms with Crippen LogP contribution in [0.25, 0.3) is 0 Å². The van der Waals surface area contributed by atoms with E-state index in [1.165, 1.54) is 29.5 Å². The topological polar surface area (TPSA) is 52.2 Å². The molecule has 2 aliphatic rings. The van der Waals surface area contributed by atoms with Gasteiger partial charge in [-0.05, 0) is 43.0 Å². The molecule has 1 fully saturated rings. The van der Waals surface area contributed by atoms with Crippen molar-refractivity contribution in [3.05, 3.63) is 46.8 Å². The molecule has 0 atom stereocenters. The summed E-state index contributed by atoms with van der Waals surface area (Å²) < 4.78 is 0. The van der Waals surface area contributed by atoms with Crippen molar-refractivity contribution in [2.45, 2.75) is 38.3 Å². The van der Waals surface area contributed by atoms with Gasteiger partial charge >= 0.3 is 0 Å². The lowest BCUT2D eigenvalue weighted by molar-refractivity contribution is 0.212. The predicted molar refractivity (Wildman–Crippen MR) is 76.5 cm³/mol. The number of aromatic amines is 1. The third-order valence-electron chi connectivity index (χ3n) is 4.77. The molecule has 4 rings (SSSR count). The monoisotopic (exact) mass is 269 g/mol. The van der Waals surface area contributed by atoms with Gasteiger partial charge in [-0.15, -0.1) is 0 Å². The lowest BCUT2D eigenvalue weighted by atomic mass is 9.86. The highest BCUT2D eigenvalue weighted by atomic mass is 16.3. The van der Waals surface area contributed by atoms with Crippen molar-refractivity contribution in [3.8, 4) is 5.75 Å². The van der Waals surface area contributed by atoms with Gasteiger partial charge in [0, 0.05) is 36.3 Å². The Morgan fingerprint density at radius 1 is 1.40 bits per heavy atom. The minimum absolute atomic E-state index is 0.296. The summed E-state index contributed by atoms with van der Waals surface area (Å²) in [5, 5.41) is 16.9. The SMILES string of the molecule is Cc1[nH]ncc1CN1Cc2ccc(O)cc2C2(CC2)C1. The summed E-state index contributed by atoms with van der Waals surface area (Å²) in [5.74, 6) is 0.397. The molecule has 20 heavy (non-hydrogen) atoms. The molecule has 1 aromatic heterocycles. The summed E-state index contributed by atoms with van der Waals surface area (Å²) in [6.45, 7) is 5.08. The molecule has 2 heterocycles. The van der Waals surface area contributed by atoms with E-state index in [0.29, 0.717) is 11.2 Å². The molecule has 0 saturated heterocycles. The Balaban J connectivity index is 1.64. The third-order valence-corrected chi connectivity index (χ3v) is 4.77. The van der Waals surface area contributed by atoms with Gasteiger partial charge < -0.3 is 5.11 Å². The normalized spacial score (nSPS) is 20.1. The number of hydrogen-bond donors (Lipinski definition) is 2. The fourth-order valence-corrected chi connectivity index (χ4v) is 3.47. The number of nitrogens with one attached hydrogen (secondary N) is 1. The van der Waals surface area contributed by atoms with Crippen molar-refractivity contribution >= 4 is 0 Å². The highest BCUT2D eigenvalue weighted by Crippen LogP contribution is 2.53. The first-order valence-corrected chi connectivity index (χ1v) is 7.20. The van der Waals surface area contributed by atoms with Crippen LogP contribution >= 0.6 is 0 Å². The number of benzene rings is 1. The van der Waals surface area contributed by atoms with Crippen molar-refractivity contribution in [3.63, 3.8) is 0 Å². The molecule has 1 aromatic carbocycles. The zero-order valence-electron chi connectivity index (χ0n) is 11.7. The van der Waals surface area contributed by atoms with Gasteiger partial charge in [0.25, 0.3) is 0 Å². The molecule has 4 nitrogen and oxygen atoms in total. The van der Waals surface area contributed by atoms with Gasteiger partial charge in [-0.3, -0.25) is 10.00 Å². The van der Waals surface area contributed by atoms with Gasteiger partial charge in [0.1, 0.15) is 5.75 Å². The van der Waals surface area contributed by atoms with Crippen molar-refractivity contribution in [2.75, 3.05) is 6.54 Å². The van der Waals surface area contributed by atoms with E-state index in [-0.39, 0.29) is 0 Å². The molecule has 1 saturated carbocycles. The zero-order chi connectivity index (χ0) is 13.7. The number of aryl methyl sites for hydroxylation is 1. The van der Waals surface area contributed by atoms with Crippen LogP contribution in [-0.2, 0) is 18.5 Å². The third kappa shape index (κ3) is 1.83. The molecule has 104 valence electrons. The van der Waals surface area contributed by atoms with Crippen LogP contribution in [0.3, 0.4) is 0 Å². The van der Waals surface area contributed by atoms with E-state index in [0.717, 1.165) is 25.3 Å². The number of H-pyrrole nitrogens is 1. The van der Waals surface area contributed by atoms with Gasteiger partial charge in [-0.1, -0.05) is 6.07 Å². The number of aromatic hydroxyl groups is 1. The molecule has 1 aliphatic carbocycles. The second-order valence-corrected chi connectivity index (χ2v) is 6.29. The number of hydrogen-bond acceptors (Lipinski definition) is 3. The van der Waals surface area contributed by atoms with Crippen LogP contribution < -0.4 is 0 Å². The lowest BCUT2D eigenvalue weighted by Crippen LogP contribution is -2.37. The van der Waals surface area contributed by atoms with E-state index in [4.69, 9.17) is 0 Å². The molecular formula is C16H19N3O. The van der Waals surface area contributed by atoms with Crippen molar-refractivity contribution in [1.29, 1.82) is 0 Å². The second-order valence-electron chi connectivity index (χ2n) is 6.29. The minimum atomic E-state index is 0.296. The molecule has 2 aromatic rings.